The first kappa shape index (κ1) is 16.5. The normalized spacial score (nSPS) is 19.8. The number of nitrogens with one attached hydrogen (secondary N) is 1. The van der Waals surface area contributed by atoms with E-state index in [9.17, 15) is 4.79 Å². The quantitative estimate of drug-likeness (QED) is 0.328. The van der Waals surface area contributed by atoms with Crippen LogP contribution in [0.1, 0.15) is 44.9 Å². The van der Waals surface area contributed by atoms with Gasteiger partial charge in [0.1, 0.15) is 0 Å². The molecule has 0 bridgehead atoms. The van der Waals surface area contributed by atoms with Gasteiger partial charge in [-0.3, -0.25) is 9.79 Å². The van der Waals surface area contributed by atoms with Crippen molar-refractivity contribution in [2.45, 2.75) is 51.0 Å². The number of carbonyl (C=O) groups excluding carboxylic acids is 1. The molecule has 0 aromatic heterocycles. The minimum atomic E-state index is 0. The maximum atomic E-state index is 11.4. The van der Waals surface area contributed by atoms with Crippen LogP contribution in [0.4, 0.5) is 0 Å². The summed E-state index contributed by atoms with van der Waals surface area (Å²) in [5.41, 5.74) is 5.93. The summed E-state index contributed by atoms with van der Waals surface area (Å²) in [7, 11) is 0. The molecule has 0 radical (unpaired) electrons. The number of rotatable bonds is 5. The Balaban J connectivity index is 0.00000180. The van der Waals surface area contributed by atoms with Gasteiger partial charge in [-0.2, -0.15) is 0 Å². The molecule has 19 heavy (non-hydrogen) atoms. The molecule has 0 atom stereocenters. The van der Waals surface area contributed by atoms with Crippen LogP contribution in [0, 0.1) is 0 Å². The van der Waals surface area contributed by atoms with Gasteiger partial charge in [-0.05, 0) is 38.5 Å². The predicted octanol–water partition coefficient (Wildman–Crippen LogP) is 1.46. The van der Waals surface area contributed by atoms with Crippen LogP contribution in [0.3, 0.4) is 0 Å². The summed E-state index contributed by atoms with van der Waals surface area (Å²) in [6.07, 6.45) is 7.35. The molecule has 6 heteroatoms. The minimum absolute atomic E-state index is 0. The monoisotopic (exact) mass is 380 g/mol. The molecular formula is C13H25IN4O. The van der Waals surface area contributed by atoms with Crippen LogP contribution in [-0.2, 0) is 4.79 Å². The molecule has 0 aromatic rings. The topological polar surface area (TPSA) is 70.7 Å². The first-order valence-corrected chi connectivity index (χ1v) is 7.10. The van der Waals surface area contributed by atoms with Crippen molar-refractivity contribution in [2.75, 3.05) is 19.6 Å². The maximum absolute atomic E-state index is 11.4. The second-order valence-corrected chi connectivity index (χ2v) is 5.23. The highest BCUT2D eigenvalue weighted by molar-refractivity contribution is 14.0. The number of likely N-dealkylation sites (tertiary alicyclic amines) is 1. The summed E-state index contributed by atoms with van der Waals surface area (Å²) in [6, 6.07) is 0.458. The molecule has 1 amide bonds. The molecule has 2 aliphatic rings. The predicted molar refractivity (Wildman–Crippen MR) is 87.7 cm³/mol. The minimum Gasteiger partial charge on any atom is -0.370 e. The van der Waals surface area contributed by atoms with Crippen LogP contribution in [0.25, 0.3) is 0 Å². The summed E-state index contributed by atoms with van der Waals surface area (Å²) < 4.78 is 0. The zero-order chi connectivity index (χ0) is 12.8. The van der Waals surface area contributed by atoms with Crippen LogP contribution in [0.2, 0.25) is 0 Å². The smallest absolute Gasteiger partial charge is 0.220 e. The van der Waals surface area contributed by atoms with E-state index < -0.39 is 0 Å². The number of halogens is 1. The summed E-state index contributed by atoms with van der Waals surface area (Å²) in [5.74, 6) is 0.807. The van der Waals surface area contributed by atoms with Crippen LogP contribution in [0.5, 0.6) is 0 Å². The second-order valence-electron chi connectivity index (χ2n) is 5.23. The van der Waals surface area contributed by atoms with Crippen LogP contribution >= 0.6 is 24.0 Å². The zero-order valence-corrected chi connectivity index (χ0v) is 13.8. The van der Waals surface area contributed by atoms with Crippen LogP contribution < -0.4 is 11.1 Å². The number of guanidine groups is 1. The molecular weight excluding hydrogens is 355 g/mol. The molecule has 1 saturated carbocycles. The number of hydrogen-bond donors (Lipinski definition) is 2. The third kappa shape index (κ3) is 6.44. The van der Waals surface area contributed by atoms with E-state index in [-0.39, 0.29) is 29.9 Å². The molecule has 3 N–H and O–H groups in total. The van der Waals surface area contributed by atoms with Crippen molar-refractivity contribution in [2.24, 2.45) is 10.7 Å². The number of nitrogens with zero attached hydrogens (tertiary/aromatic N) is 2. The van der Waals surface area contributed by atoms with Gasteiger partial charge in [0.2, 0.25) is 5.91 Å². The van der Waals surface area contributed by atoms with Crippen molar-refractivity contribution in [3.05, 3.63) is 0 Å². The Morgan fingerprint density at radius 3 is 2.58 bits per heavy atom. The average molecular weight is 380 g/mol. The van der Waals surface area contributed by atoms with E-state index in [2.05, 4.69) is 15.2 Å². The third-order valence-corrected chi connectivity index (χ3v) is 3.46. The Morgan fingerprint density at radius 1 is 1.26 bits per heavy atom. The first-order chi connectivity index (χ1) is 8.75. The molecule has 1 aliphatic carbocycles. The summed E-state index contributed by atoms with van der Waals surface area (Å²) in [4.78, 5) is 17.9. The van der Waals surface area contributed by atoms with Gasteiger partial charge in [0.15, 0.2) is 5.96 Å². The summed E-state index contributed by atoms with van der Waals surface area (Å²) in [6.45, 7) is 2.70. The molecule has 5 nitrogen and oxygen atoms in total. The highest BCUT2D eigenvalue weighted by atomic mass is 127. The van der Waals surface area contributed by atoms with Crippen molar-refractivity contribution < 1.29 is 4.79 Å². The molecule has 1 heterocycles. The fraction of sp³-hybridized carbons (Fsp3) is 0.846. The molecule has 1 saturated heterocycles. The summed E-state index contributed by atoms with van der Waals surface area (Å²) >= 11 is 0. The van der Waals surface area contributed by atoms with E-state index in [1.807, 2.05) is 0 Å². The van der Waals surface area contributed by atoms with E-state index in [0.29, 0.717) is 25.0 Å². The number of hydrogen-bond acceptors (Lipinski definition) is 2. The standard InChI is InChI=1S/C13H24N4O.HI/c14-13(17-9-2-1-3-10-17)15-8-4-5-12(18)16-11-6-7-11;/h11H,1-10H2,(H2,14,15)(H,16,18);1H. The van der Waals surface area contributed by atoms with Gasteiger partial charge in [0.25, 0.3) is 0 Å². The number of piperidine rings is 1. The molecule has 110 valence electrons. The van der Waals surface area contributed by atoms with Gasteiger partial charge < -0.3 is 16.0 Å². The number of nitrogens with two attached hydrogens (primary N) is 1. The number of carbonyl (C=O) groups is 1. The molecule has 2 fully saturated rings. The average Bonchev–Trinajstić information content (AvgIpc) is 3.19. The Kier molecular flexibility index (Phi) is 7.48. The van der Waals surface area contributed by atoms with Crippen LogP contribution in [0.15, 0.2) is 4.99 Å². The van der Waals surface area contributed by atoms with E-state index in [4.69, 9.17) is 5.73 Å². The zero-order valence-electron chi connectivity index (χ0n) is 11.4. The van der Waals surface area contributed by atoms with Gasteiger partial charge >= 0.3 is 0 Å². The van der Waals surface area contributed by atoms with Gasteiger partial charge in [0, 0.05) is 32.1 Å². The largest absolute Gasteiger partial charge is 0.370 e. The van der Waals surface area contributed by atoms with Gasteiger partial charge in [-0.1, -0.05) is 0 Å². The summed E-state index contributed by atoms with van der Waals surface area (Å²) in [5, 5.41) is 2.98. The van der Waals surface area contributed by atoms with Crippen molar-refractivity contribution in [1.29, 1.82) is 0 Å². The van der Waals surface area contributed by atoms with E-state index in [1.54, 1.807) is 0 Å². The lowest BCUT2D eigenvalue weighted by molar-refractivity contribution is -0.121. The molecule has 0 unspecified atom stereocenters. The fourth-order valence-electron chi connectivity index (χ4n) is 2.18. The van der Waals surface area contributed by atoms with Crippen molar-refractivity contribution in [3.8, 4) is 0 Å². The lowest BCUT2D eigenvalue weighted by Gasteiger charge is -2.27. The van der Waals surface area contributed by atoms with Crippen molar-refractivity contribution in [3.63, 3.8) is 0 Å². The van der Waals surface area contributed by atoms with Gasteiger partial charge in [0.05, 0.1) is 0 Å². The number of amides is 1. The lowest BCUT2D eigenvalue weighted by Crippen LogP contribution is -2.40. The lowest BCUT2D eigenvalue weighted by atomic mass is 10.1. The fourth-order valence-corrected chi connectivity index (χ4v) is 2.18. The molecule has 2 rings (SSSR count). The van der Waals surface area contributed by atoms with Crippen molar-refractivity contribution >= 4 is 35.8 Å². The van der Waals surface area contributed by atoms with Gasteiger partial charge in [-0.15, -0.1) is 24.0 Å². The van der Waals surface area contributed by atoms with E-state index >= 15 is 0 Å². The van der Waals surface area contributed by atoms with Crippen LogP contribution in [-0.4, -0.2) is 42.4 Å². The molecule has 1 aliphatic heterocycles. The Morgan fingerprint density at radius 2 is 1.95 bits per heavy atom. The highest BCUT2D eigenvalue weighted by Crippen LogP contribution is 2.18. The first-order valence-electron chi connectivity index (χ1n) is 7.10. The van der Waals surface area contributed by atoms with E-state index in [0.717, 1.165) is 32.4 Å². The Labute approximate surface area is 132 Å². The third-order valence-electron chi connectivity index (χ3n) is 3.46. The SMILES string of the molecule is I.NC(=NCCCC(=O)NC1CC1)N1CCCCC1. The molecule has 0 aromatic carbocycles. The highest BCUT2D eigenvalue weighted by Gasteiger charge is 2.22. The Hall–Kier alpha value is -0.530. The van der Waals surface area contributed by atoms with Crippen molar-refractivity contribution in [1.82, 2.24) is 10.2 Å². The maximum Gasteiger partial charge on any atom is 0.220 e. The number of aliphatic imine (C=N–C) groups is 1. The van der Waals surface area contributed by atoms with E-state index in [1.165, 1.54) is 19.3 Å². The second kappa shape index (κ2) is 8.60. The Bertz CT molecular complexity index is 312. The molecule has 0 spiro atoms. The van der Waals surface area contributed by atoms with Gasteiger partial charge in [-0.25, -0.2) is 0 Å².